The Morgan fingerprint density at radius 2 is 1.56 bits per heavy atom. The van der Waals surface area contributed by atoms with E-state index >= 15 is 0 Å². The molecule has 25 heavy (non-hydrogen) atoms. The van der Waals surface area contributed by atoms with Crippen LogP contribution in [0.25, 0.3) is 0 Å². The molecule has 0 aliphatic heterocycles. The minimum atomic E-state index is 0.430. The van der Waals surface area contributed by atoms with E-state index in [-0.39, 0.29) is 0 Å². The van der Waals surface area contributed by atoms with E-state index in [4.69, 9.17) is 4.74 Å². The quantitative estimate of drug-likeness (QED) is 0.670. The average molecular weight is 335 g/mol. The number of hydrogen-bond acceptors (Lipinski definition) is 6. The molecule has 0 bridgehead atoms. The fourth-order valence-corrected chi connectivity index (χ4v) is 2.32. The van der Waals surface area contributed by atoms with Gasteiger partial charge in [-0.25, -0.2) is 0 Å². The second kappa shape index (κ2) is 8.10. The third kappa shape index (κ3) is 4.67. The van der Waals surface area contributed by atoms with Crippen molar-refractivity contribution in [3.05, 3.63) is 60.3 Å². The molecule has 0 spiro atoms. The lowest BCUT2D eigenvalue weighted by atomic mass is 10.1. The summed E-state index contributed by atoms with van der Waals surface area (Å²) < 4.78 is 5.43. The molecule has 3 rings (SSSR count). The highest BCUT2D eigenvalue weighted by Crippen LogP contribution is 2.19. The van der Waals surface area contributed by atoms with Crippen LogP contribution in [0, 0.1) is 0 Å². The van der Waals surface area contributed by atoms with Crippen LogP contribution in [0.4, 0.5) is 23.1 Å². The van der Waals surface area contributed by atoms with Crippen molar-refractivity contribution in [3.63, 3.8) is 0 Å². The normalized spacial score (nSPS) is 10.3. The van der Waals surface area contributed by atoms with Gasteiger partial charge in [0.2, 0.25) is 5.95 Å². The molecule has 1 aromatic heterocycles. The molecule has 6 nitrogen and oxygen atoms in total. The molecule has 0 aliphatic rings. The molecule has 3 aromatic rings. The minimum absolute atomic E-state index is 0.430. The van der Waals surface area contributed by atoms with E-state index in [2.05, 4.69) is 44.9 Å². The molecule has 0 unspecified atom stereocenters. The number of anilines is 4. The van der Waals surface area contributed by atoms with E-state index in [1.807, 2.05) is 43.3 Å². The summed E-state index contributed by atoms with van der Waals surface area (Å²) in [5, 5.41) is 14.4. The molecule has 0 saturated heterocycles. The van der Waals surface area contributed by atoms with E-state index in [1.54, 1.807) is 6.20 Å². The summed E-state index contributed by atoms with van der Waals surface area (Å²) in [7, 11) is 0. The van der Waals surface area contributed by atoms with Gasteiger partial charge in [-0.15, -0.1) is 5.10 Å². The number of aromatic nitrogens is 3. The first kappa shape index (κ1) is 16.7. The maximum absolute atomic E-state index is 5.43. The summed E-state index contributed by atoms with van der Waals surface area (Å²) in [5.74, 6) is 1.89. The highest BCUT2D eigenvalue weighted by atomic mass is 16.5. The second-order valence-corrected chi connectivity index (χ2v) is 5.42. The second-order valence-electron chi connectivity index (χ2n) is 5.42. The topological polar surface area (TPSA) is 72.0 Å². The fourth-order valence-electron chi connectivity index (χ4n) is 2.32. The zero-order chi connectivity index (χ0) is 17.5. The monoisotopic (exact) mass is 335 g/mol. The Bertz CT molecular complexity index is 803. The Balaban J connectivity index is 1.68. The largest absolute Gasteiger partial charge is 0.494 e. The fraction of sp³-hybridized carbons (Fsp3) is 0.211. The first-order valence-corrected chi connectivity index (χ1v) is 8.32. The lowest BCUT2D eigenvalue weighted by Gasteiger charge is -2.09. The highest BCUT2D eigenvalue weighted by Gasteiger charge is 2.03. The van der Waals surface area contributed by atoms with Crippen molar-refractivity contribution in [1.82, 2.24) is 15.2 Å². The smallest absolute Gasteiger partial charge is 0.249 e. The number of nitrogens with zero attached hydrogens (tertiary/aromatic N) is 3. The molecule has 0 aliphatic carbocycles. The SMILES string of the molecule is CCOc1ccc(Nc2nncc(Nc3ccc(CC)cc3)n2)cc1. The summed E-state index contributed by atoms with van der Waals surface area (Å²) in [6, 6.07) is 15.9. The Kier molecular flexibility index (Phi) is 5.41. The van der Waals surface area contributed by atoms with Crippen LogP contribution in [0.1, 0.15) is 19.4 Å². The van der Waals surface area contributed by atoms with E-state index in [1.165, 1.54) is 5.56 Å². The van der Waals surface area contributed by atoms with Gasteiger partial charge in [0.15, 0.2) is 5.82 Å². The standard InChI is InChI=1S/C19H21N5O/c1-3-14-5-7-15(8-6-14)21-18-13-20-24-19(23-18)22-16-9-11-17(12-10-16)25-4-2/h5-13H,3-4H2,1-2H3,(H2,21,22,23,24). The Labute approximate surface area is 147 Å². The highest BCUT2D eigenvalue weighted by molar-refractivity contribution is 5.59. The molecular formula is C19H21N5O. The van der Waals surface area contributed by atoms with Gasteiger partial charge >= 0.3 is 0 Å². The molecule has 6 heteroatoms. The summed E-state index contributed by atoms with van der Waals surface area (Å²) in [5.41, 5.74) is 3.13. The first-order chi connectivity index (χ1) is 12.3. The molecule has 128 valence electrons. The number of hydrogen-bond donors (Lipinski definition) is 2. The predicted octanol–water partition coefficient (Wildman–Crippen LogP) is 4.32. The third-order valence-electron chi connectivity index (χ3n) is 3.61. The molecule has 0 amide bonds. The molecular weight excluding hydrogens is 314 g/mol. The van der Waals surface area contributed by atoms with Crippen LogP contribution in [0.3, 0.4) is 0 Å². The van der Waals surface area contributed by atoms with Gasteiger partial charge in [-0.1, -0.05) is 19.1 Å². The van der Waals surface area contributed by atoms with Crippen LogP contribution in [0.2, 0.25) is 0 Å². The molecule has 1 heterocycles. The molecule has 0 saturated carbocycles. The molecule has 2 N–H and O–H groups in total. The zero-order valence-electron chi connectivity index (χ0n) is 14.4. The number of aryl methyl sites for hydroxylation is 1. The van der Waals surface area contributed by atoms with Gasteiger partial charge < -0.3 is 15.4 Å². The van der Waals surface area contributed by atoms with Gasteiger partial charge in [0, 0.05) is 11.4 Å². The Morgan fingerprint density at radius 1 is 0.880 bits per heavy atom. The molecule has 0 fully saturated rings. The predicted molar refractivity (Wildman–Crippen MR) is 99.8 cm³/mol. The van der Waals surface area contributed by atoms with E-state index in [0.29, 0.717) is 18.4 Å². The van der Waals surface area contributed by atoms with Crippen LogP contribution in [-0.4, -0.2) is 21.8 Å². The molecule has 0 atom stereocenters. The van der Waals surface area contributed by atoms with E-state index < -0.39 is 0 Å². The number of benzene rings is 2. The lowest BCUT2D eigenvalue weighted by Crippen LogP contribution is -2.02. The lowest BCUT2D eigenvalue weighted by molar-refractivity contribution is 0.340. The van der Waals surface area contributed by atoms with Crippen molar-refractivity contribution < 1.29 is 4.74 Å². The molecule has 0 radical (unpaired) electrons. The van der Waals surface area contributed by atoms with Crippen molar-refractivity contribution in [2.45, 2.75) is 20.3 Å². The van der Waals surface area contributed by atoms with Gasteiger partial charge in [0.1, 0.15) is 5.75 Å². The van der Waals surface area contributed by atoms with Crippen LogP contribution in [0.5, 0.6) is 5.75 Å². The van der Waals surface area contributed by atoms with Crippen molar-refractivity contribution in [3.8, 4) is 5.75 Å². The summed E-state index contributed by atoms with van der Waals surface area (Å²) in [4.78, 5) is 4.44. The summed E-state index contributed by atoms with van der Waals surface area (Å²) in [6.45, 7) is 4.74. The minimum Gasteiger partial charge on any atom is -0.494 e. The Hall–Kier alpha value is -3.15. The average Bonchev–Trinajstić information content (AvgIpc) is 2.65. The van der Waals surface area contributed by atoms with Gasteiger partial charge in [-0.05, 0) is 55.3 Å². The summed E-state index contributed by atoms with van der Waals surface area (Å²) in [6.07, 6.45) is 2.61. The van der Waals surface area contributed by atoms with Gasteiger partial charge in [0.05, 0.1) is 12.8 Å². The van der Waals surface area contributed by atoms with E-state index in [0.717, 1.165) is 23.5 Å². The number of ether oxygens (including phenoxy) is 1. The van der Waals surface area contributed by atoms with Crippen LogP contribution >= 0.6 is 0 Å². The first-order valence-electron chi connectivity index (χ1n) is 8.32. The maximum atomic E-state index is 5.43. The van der Waals surface area contributed by atoms with Crippen LogP contribution < -0.4 is 15.4 Å². The van der Waals surface area contributed by atoms with Gasteiger partial charge in [0.25, 0.3) is 0 Å². The van der Waals surface area contributed by atoms with Gasteiger partial charge in [-0.2, -0.15) is 10.1 Å². The van der Waals surface area contributed by atoms with Crippen LogP contribution in [0.15, 0.2) is 54.7 Å². The van der Waals surface area contributed by atoms with Crippen molar-refractivity contribution in [2.75, 3.05) is 17.2 Å². The Morgan fingerprint density at radius 3 is 2.24 bits per heavy atom. The van der Waals surface area contributed by atoms with E-state index in [9.17, 15) is 0 Å². The summed E-state index contributed by atoms with van der Waals surface area (Å²) >= 11 is 0. The number of nitrogens with one attached hydrogen (secondary N) is 2. The third-order valence-corrected chi connectivity index (χ3v) is 3.61. The zero-order valence-corrected chi connectivity index (χ0v) is 14.4. The van der Waals surface area contributed by atoms with Crippen molar-refractivity contribution in [1.29, 1.82) is 0 Å². The van der Waals surface area contributed by atoms with Crippen LogP contribution in [-0.2, 0) is 6.42 Å². The number of rotatable bonds is 7. The van der Waals surface area contributed by atoms with Crippen molar-refractivity contribution >= 4 is 23.1 Å². The van der Waals surface area contributed by atoms with Gasteiger partial charge in [-0.3, -0.25) is 0 Å². The van der Waals surface area contributed by atoms with Crippen molar-refractivity contribution in [2.24, 2.45) is 0 Å². The molecule has 2 aromatic carbocycles. The maximum Gasteiger partial charge on any atom is 0.249 e.